The quantitative estimate of drug-likeness (QED) is 0.605. The molecule has 0 N–H and O–H groups in total. The maximum atomic E-state index is 12.4. The standard InChI is InChI=1S/C10H9BrClFO/c11-5-4-9(14)8-3-1-2-7(6-13)10(8)12/h1-3H,4-6H2. The van der Waals surface area contributed by atoms with E-state index in [0.29, 0.717) is 22.9 Å². The van der Waals surface area contributed by atoms with E-state index >= 15 is 0 Å². The molecule has 0 unspecified atom stereocenters. The van der Waals surface area contributed by atoms with Gasteiger partial charge in [-0.15, -0.1) is 0 Å². The first-order valence-electron chi connectivity index (χ1n) is 4.13. The van der Waals surface area contributed by atoms with Gasteiger partial charge >= 0.3 is 0 Å². The maximum Gasteiger partial charge on any atom is 0.165 e. The molecule has 1 aromatic rings. The van der Waals surface area contributed by atoms with E-state index in [-0.39, 0.29) is 10.8 Å². The van der Waals surface area contributed by atoms with Gasteiger partial charge in [-0.05, 0) is 6.07 Å². The maximum absolute atomic E-state index is 12.4. The minimum absolute atomic E-state index is 0.0674. The zero-order valence-electron chi connectivity index (χ0n) is 7.40. The summed E-state index contributed by atoms with van der Waals surface area (Å²) in [6.45, 7) is -0.645. The minimum Gasteiger partial charge on any atom is -0.294 e. The van der Waals surface area contributed by atoms with Crippen LogP contribution in [0.5, 0.6) is 0 Å². The van der Waals surface area contributed by atoms with Crippen LogP contribution in [0.15, 0.2) is 18.2 Å². The summed E-state index contributed by atoms with van der Waals surface area (Å²) in [5.41, 5.74) is 0.772. The van der Waals surface area contributed by atoms with Crippen molar-refractivity contribution in [2.24, 2.45) is 0 Å². The van der Waals surface area contributed by atoms with Crippen LogP contribution in [0.2, 0.25) is 5.02 Å². The monoisotopic (exact) mass is 278 g/mol. The number of ketones is 1. The first-order valence-corrected chi connectivity index (χ1v) is 5.63. The Morgan fingerprint density at radius 3 is 2.79 bits per heavy atom. The summed E-state index contributed by atoms with van der Waals surface area (Å²) in [5.74, 6) is -0.0674. The lowest BCUT2D eigenvalue weighted by Gasteiger charge is -2.05. The molecule has 1 rings (SSSR count). The molecule has 1 aromatic carbocycles. The molecular formula is C10H9BrClFO. The van der Waals surface area contributed by atoms with Crippen LogP contribution in [0.4, 0.5) is 4.39 Å². The normalized spacial score (nSPS) is 10.2. The molecule has 4 heteroatoms. The van der Waals surface area contributed by atoms with Crippen LogP contribution in [-0.2, 0) is 6.67 Å². The van der Waals surface area contributed by atoms with E-state index in [4.69, 9.17) is 11.6 Å². The average molecular weight is 280 g/mol. The van der Waals surface area contributed by atoms with Crippen LogP contribution in [0.3, 0.4) is 0 Å². The summed E-state index contributed by atoms with van der Waals surface area (Å²) in [7, 11) is 0. The predicted octanol–water partition coefficient (Wildman–Crippen LogP) is 3.78. The van der Waals surface area contributed by atoms with E-state index in [0.717, 1.165) is 0 Å². The van der Waals surface area contributed by atoms with E-state index in [1.54, 1.807) is 18.2 Å². The highest BCUT2D eigenvalue weighted by molar-refractivity contribution is 9.09. The molecule has 0 radical (unpaired) electrons. The van der Waals surface area contributed by atoms with Crippen molar-refractivity contribution in [2.75, 3.05) is 5.33 Å². The van der Waals surface area contributed by atoms with Crippen LogP contribution in [0.1, 0.15) is 22.3 Å². The van der Waals surface area contributed by atoms with Gasteiger partial charge in [-0.1, -0.05) is 39.7 Å². The first-order chi connectivity index (χ1) is 6.70. The van der Waals surface area contributed by atoms with Crippen molar-refractivity contribution in [1.29, 1.82) is 0 Å². The van der Waals surface area contributed by atoms with E-state index in [1.165, 1.54) is 0 Å². The van der Waals surface area contributed by atoms with Crippen molar-refractivity contribution < 1.29 is 9.18 Å². The number of carbonyl (C=O) groups is 1. The smallest absolute Gasteiger partial charge is 0.165 e. The molecule has 14 heavy (non-hydrogen) atoms. The third-order valence-corrected chi connectivity index (χ3v) is 2.69. The highest BCUT2D eigenvalue weighted by Gasteiger charge is 2.12. The Hall–Kier alpha value is -0.410. The molecule has 0 fully saturated rings. The molecule has 0 amide bonds. The second kappa shape index (κ2) is 5.47. The molecule has 0 atom stereocenters. The number of carbonyl (C=O) groups excluding carboxylic acids is 1. The molecule has 0 spiro atoms. The highest BCUT2D eigenvalue weighted by atomic mass is 79.9. The fourth-order valence-corrected chi connectivity index (χ4v) is 1.76. The molecule has 0 aliphatic carbocycles. The second-order valence-corrected chi connectivity index (χ2v) is 3.95. The zero-order valence-corrected chi connectivity index (χ0v) is 9.74. The predicted molar refractivity (Wildman–Crippen MR) is 59.0 cm³/mol. The highest BCUT2D eigenvalue weighted by Crippen LogP contribution is 2.23. The van der Waals surface area contributed by atoms with Gasteiger partial charge in [0.1, 0.15) is 6.67 Å². The van der Waals surface area contributed by atoms with Gasteiger partial charge in [-0.3, -0.25) is 4.79 Å². The first kappa shape index (κ1) is 11.7. The van der Waals surface area contributed by atoms with Gasteiger partial charge in [0.15, 0.2) is 5.78 Å². The van der Waals surface area contributed by atoms with Crippen molar-refractivity contribution in [3.63, 3.8) is 0 Å². The van der Waals surface area contributed by atoms with E-state index < -0.39 is 6.67 Å². The molecule has 0 aliphatic rings. The molecule has 0 saturated heterocycles. The van der Waals surface area contributed by atoms with Crippen molar-refractivity contribution in [2.45, 2.75) is 13.1 Å². The topological polar surface area (TPSA) is 17.1 Å². The van der Waals surface area contributed by atoms with Gasteiger partial charge in [0.2, 0.25) is 0 Å². The lowest BCUT2D eigenvalue weighted by Crippen LogP contribution is -2.01. The third-order valence-electron chi connectivity index (χ3n) is 1.84. The van der Waals surface area contributed by atoms with E-state index in [1.807, 2.05) is 0 Å². The summed E-state index contributed by atoms with van der Waals surface area (Å²) in [6.07, 6.45) is 0.370. The van der Waals surface area contributed by atoms with Gasteiger partial charge in [0.05, 0.1) is 5.02 Å². The Kier molecular flexibility index (Phi) is 4.55. The Labute approximate surface area is 95.4 Å². The fourth-order valence-electron chi connectivity index (χ4n) is 1.12. The molecule has 0 bridgehead atoms. The summed E-state index contributed by atoms with van der Waals surface area (Å²) >= 11 is 9.03. The Morgan fingerprint density at radius 1 is 1.50 bits per heavy atom. The fraction of sp³-hybridized carbons (Fsp3) is 0.300. The average Bonchev–Trinajstić information content (AvgIpc) is 2.18. The van der Waals surface area contributed by atoms with Gasteiger partial charge in [-0.25, -0.2) is 4.39 Å². The molecule has 0 saturated carbocycles. The Balaban J connectivity index is 3.03. The molecule has 0 aromatic heterocycles. The van der Waals surface area contributed by atoms with Crippen LogP contribution in [-0.4, -0.2) is 11.1 Å². The summed E-state index contributed by atoms with van der Waals surface area (Å²) in [4.78, 5) is 11.5. The number of alkyl halides is 2. The van der Waals surface area contributed by atoms with E-state index in [2.05, 4.69) is 15.9 Å². The third kappa shape index (κ3) is 2.55. The number of benzene rings is 1. The second-order valence-electron chi connectivity index (χ2n) is 2.77. The lowest BCUT2D eigenvalue weighted by atomic mass is 10.1. The summed E-state index contributed by atoms with van der Waals surface area (Å²) in [5, 5.41) is 0.822. The van der Waals surface area contributed by atoms with Gasteiger partial charge in [0, 0.05) is 22.9 Å². The molecule has 1 nitrogen and oxygen atoms in total. The minimum atomic E-state index is -0.645. The van der Waals surface area contributed by atoms with Crippen LogP contribution in [0.25, 0.3) is 0 Å². The van der Waals surface area contributed by atoms with Crippen molar-refractivity contribution in [3.05, 3.63) is 34.3 Å². The SMILES string of the molecule is O=C(CCBr)c1cccc(CF)c1Cl. The van der Waals surface area contributed by atoms with Gasteiger partial charge in [-0.2, -0.15) is 0 Å². The Morgan fingerprint density at radius 2 is 2.21 bits per heavy atom. The van der Waals surface area contributed by atoms with Gasteiger partial charge in [0.25, 0.3) is 0 Å². The molecular weight excluding hydrogens is 270 g/mol. The van der Waals surface area contributed by atoms with Crippen LogP contribution in [0, 0.1) is 0 Å². The van der Waals surface area contributed by atoms with Crippen molar-refractivity contribution in [1.82, 2.24) is 0 Å². The van der Waals surface area contributed by atoms with Gasteiger partial charge < -0.3 is 0 Å². The zero-order chi connectivity index (χ0) is 10.6. The summed E-state index contributed by atoms with van der Waals surface area (Å²) in [6, 6.07) is 4.84. The van der Waals surface area contributed by atoms with Crippen molar-refractivity contribution >= 4 is 33.3 Å². The number of hydrogen-bond donors (Lipinski definition) is 0. The van der Waals surface area contributed by atoms with Crippen LogP contribution >= 0.6 is 27.5 Å². The Bertz CT molecular complexity index is 341. The molecule has 0 aliphatic heterocycles. The number of rotatable bonds is 4. The lowest BCUT2D eigenvalue weighted by molar-refractivity contribution is 0.0990. The number of Topliss-reactive ketones (excluding diaryl/α,β-unsaturated/α-hetero) is 1. The number of hydrogen-bond acceptors (Lipinski definition) is 1. The van der Waals surface area contributed by atoms with E-state index in [9.17, 15) is 9.18 Å². The largest absolute Gasteiger partial charge is 0.294 e. The number of halogens is 3. The van der Waals surface area contributed by atoms with Crippen molar-refractivity contribution in [3.8, 4) is 0 Å². The molecule has 0 heterocycles. The molecule has 76 valence electrons. The summed E-state index contributed by atoms with van der Waals surface area (Å²) < 4.78 is 12.4. The van der Waals surface area contributed by atoms with Crippen LogP contribution < -0.4 is 0 Å².